The second-order valence-corrected chi connectivity index (χ2v) is 6.08. The zero-order valence-electron chi connectivity index (χ0n) is 12.6. The van der Waals surface area contributed by atoms with E-state index in [0.29, 0.717) is 17.9 Å². The summed E-state index contributed by atoms with van der Waals surface area (Å²) < 4.78 is 0. The average Bonchev–Trinajstić information content (AvgIpc) is 2.13. The van der Waals surface area contributed by atoms with Crippen molar-refractivity contribution in [3.63, 3.8) is 0 Å². The third kappa shape index (κ3) is 7.37. The van der Waals surface area contributed by atoms with Gasteiger partial charge in [0.25, 0.3) is 0 Å². The lowest BCUT2D eigenvalue weighted by atomic mass is 9.95. The lowest BCUT2D eigenvalue weighted by molar-refractivity contribution is -0.130. The van der Waals surface area contributed by atoms with Crippen LogP contribution in [0.1, 0.15) is 47.5 Å². The van der Waals surface area contributed by atoms with Crippen LogP contribution in [0.2, 0.25) is 0 Å². The molecule has 0 heterocycles. The van der Waals surface area contributed by atoms with Gasteiger partial charge in [0.2, 0.25) is 5.91 Å². The van der Waals surface area contributed by atoms with E-state index < -0.39 is 0 Å². The number of rotatable bonds is 7. The van der Waals surface area contributed by atoms with Crippen LogP contribution >= 0.6 is 0 Å². The molecule has 17 heavy (non-hydrogen) atoms. The zero-order valence-corrected chi connectivity index (χ0v) is 12.6. The molecule has 3 nitrogen and oxygen atoms in total. The van der Waals surface area contributed by atoms with Gasteiger partial charge >= 0.3 is 0 Å². The van der Waals surface area contributed by atoms with E-state index >= 15 is 0 Å². The number of hydrogen-bond acceptors (Lipinski definition) is 2. The second-order valence-electron chi connectivity index (χ2n) is 6.08. The number of likely N-dealkylation sites (N-methyl/N-ethyl adjacent to an activating group) is 1. The smallest absolute Gasteiger partial charge is 0.238 e. The van der Waals surface area contributed by atoms with Crippen molar-refractivity contribution in [3.8, 4) is 0 Å². The molecule has 1 atom stereocenters. The summed E-state index contributed by atoms with van der Waals surface area (Å²) in [5.41, 5.74) is 0. The summed E-state index contributed by atoms with van der Waals surface area (Å²) in [6, 6.07) is 0.349. The van der Waals surface area contributed by atoms with Crippen molar-refractivity contribution in [2.24, 2.45) is 11.8 Å². The fourth-order valence-electron chi connectivity index (χ4n) is 2.18. The van der Waals surface area contributed by atoms with Crippen LogP contribution in [0, 0.1) is 11.8 Å². The molecule has 3 heteroatoms. The Bertz CT molecular complexity index is 214. The average molecular weight is 242 g/mol. The Morgan fingerprint density at radius 3 is 1.71 bits per heavy atom. The van der Waals surface area contributed by atoms with Crippen molar-refractivity contribution in [2.45, 2.75) is 59.5 Å². The monoisotopic (exact) mass is 242 g/mol. The van der Waals surface area contributed by atoms with Gasteiger partial charge < -0.3 is 10.2 Å². The van der Waals surface area contributed by atoms with Crippen LogP contribution in [0.5, 0.6) is 0 Å². The molecule has 0 aliphatic heterocycles. The molecule has 0 rings (SSSR count). The van der Waals surface area contributed by atoms with Crippen LogP contribution < -0.4 is 5.32 Å². The lowest BCUT2D eigenvalue weighted by Gasteiger charge is -2.27. The van der Waals surface area contributed by atoms with Gasteiger partial charge in [-0.05, 0) is 31.6 Å². The van der Waals surface area contributed by atoms with E-state index in [1.54, 1.807) is 19.0 Å². The molecule has 0 aromatic heterocycles. The fourth-order valence-corrected chi connectivity index (χ4v) is 2.18. The Labute approximate surface area is 107 Å². The molecular weight excluding hydrogens is 212 g/mol. The van der Waals surface area contributed by atoms with Gasteiger partial charge in [-0.25, -0.2) is 0 Å². The van der Waals surface area contributed by atoms with Crippen molar-refractivity contribution >= 4 is 5.91 Å². The fraction of sp³-hybridized carbons (Fsp3) is 0.929. The number of hydrogen-bond donors (Lipinski definition) is 1. The highest BCUT2D eigenvalue weighted by molar-refractivity contribution is 5.80. The predicted molar refractivity (Wildman–Crippen MR) is 74.0 cm³/mol. The molecule has 0 saturated carbocycles. The number of carbonyl (C=O) groups is 1. The quantitative estimate of drug-likeness (QED) is 0.744. The first-order valence-corrected chi connectivity index (χ1v) is 6.71. The summed E-state index contributed by atoms with van der Waals surface area (Å²) in [6.45, 7) is 10.9. The summed E-state index contributed by atoms with van der Waals surface area (Å²) in [6.07, 6.45) is 2.26. The van der Waals surface area contributed by atoms with Crippen LogP contribution in [0.4, 0.5) is 0 Å². The van der Waals surface area contributed by atoms with Crippen molar-refractivity contribution in [1.29, 1.82) is 0 Å². The van der Waals surface area contributed by atoms with E-state index in [9.17, 15) is 4.79 Å². The highest BCUT2D eigenvalue weighted by Gasteiger charge is 2.20. The summed E-state index contributed by atoms with van der Waals surface area (Å²) in [5.74, 6) is 1.48. The topological polar surface area (TPSA) is 32.3 Å². The maximum Gasteiger partial charge on any atom is 0.238 e. The zero-order chi connectivity index (χ0) is 13.6. The molecule has 102 valence electrons. The lowest BCUT2D eigenvalue weighted by Crippen LogP contribution is -2.46. The van der Waals surface area contributed by atoms with Gasteiger partial charge in [-0.15, -0.1) is 0 Å². The molecule has 0 spiro atoms. The Hall–Kier alpha value is -0.570. The van der Waals surface area contributed by atoms with Gasteiger partial charge in [0.15, 0.2) is 0 Å². The summed E-state index contributed by atoms with van der Waals surface area (Å²) >= 11 is 0. The van der Waals surface area contributed by atoms with Gasteiger partial charge in [-0.2, -0.15) is 0 Å². The van der Waals surface area contributed by atoms with E-state index in [2.05, 4.69) is 33.0 Å². The molecular formula is C14H30N2O. The summed E-state index contributed by atoms with van der Waals surface area (Å²) in [7, 11) is 3.61. The number of nitrogens with one attached hydrogen (secondary N) is 1. The minimum Gasteiger partial charge on any atom is -0.347 e. The van der Waals surface area contributed by atoms with Gasteiger partial charge in [0.1, 0.15) is 0 Å². The Balaban J connectivity index is 4.36. The number of nitrogens with zero attached hydrogens (tertiary/aromatic N) is 1. The van der Waals surface area contributed by atoms with Crippen LogP contribution in [0.15, 0.2) is 0 Å². The Kier molecular flexibility index (Phi) is 7.44. The largest absolute Gasteiger partial charge is 0.347 e. The Morgan fingerprint density at radius 2 is 1.41 bits per heavy atom. The molecule has 0 aliphatic carbocycles. The summed E-state index contributed by atoms with van der Waals surface area (Å²) in [4.78, 5) is 13.5. The third-order valence-electron chi connectivity index (χ3n) is 2.81. The van der Waals surface area contributed by atoms with Gasteiger partial charge in [-0.1, -0.05) is 27.7 Å². The highest BCUT2D eigenvalue weighted by Crippen LogP contribution is 2.14. The molecule has 1 amide bonds. The van der Waals surface area contributed by atoms with Crippen LogP contribution in [-0.4, -0.2) is 37.0 Å². The molecule has 1 unspecified atom stereocenters. The van der Waals surface area contributed by atoms with Crippen molar-refractivity contribution in [1.82, 2.24) is 10.2 Å². The first kappa shape index (κ1) is 16.4. The minimum absolute atomic E-state index is 0.0903. The SMILES string of the molecule is CC(C)CC(CC(C)C)NC(C)C(=O)N(C)C. The molecule has 0 aromatic rings. The molecule has 0 aromatic carbocycles. The van der Waals surface area contributed by atoms with Gasteiger partial charge in [0.05, 0.1) is 6.04 Å². The van der Waals surface area contributed by atoms with Crippen molar-refractivity contribution in [2.75, 3.05) is 14.1 Å². The van der Waals surface area contributed by atoms with E-state index in [1.807, 2.05) is 6.92 Å². The predicted octanol–water partition coefficient (Wildman–Crippen LogP) is 2.51. The van der Waals surface area contributed by atoms with E-state index in [1.165, 1.54) is 0 Å². The molecule has 0 bridgehead atoms. The summed E-state index contributed by atoms with van der Waals surface area (Å²) in [5, 5.41) is 3.47. The van der Waals surface area contributed by atoms with Crippen LogP contribution in [0.3, 0.4) is 0 Å². The van der Waals surface area contributed by atoms with Crippen LogP contribution in [-0.2, 0) is 4.79 Å². The van der Waals surface area contributed by atoms with Crippen LogP contribution in [0.25, 0.3) is 0 Å². The minimum atomic E-state index is -0.0903. The standard InChI is InChI=1S/C14H30N2O/c1-10(2)8-13(9-11(3)4)15-12(5)14(17)16(6)7/h10-13,15H,8-9H2,1-7H3. The first-order valence-electron chi connectivity index (χ1n) is 6.71. The molecule has 1 N–H and O–H groups in total. The second kappa shape index (κ2) is 7.70. The first-order chi connectivity index (χ1) is 7.73. The molecule has 0 radical (unpaired) electrons. The van der Waals surface area contributed by atoms with E-state index in [-0.39, 0.29) is 11.9 Å². The normalized spacial score (nSPS) is 13.5. The maximum absolute atomic E-state index is 11.8. The maximum atomic E-state index is 11.8. The van der Waals surface area contributed by atoms with Crippen molar-refractivity contribution in [3.05, 3.63) is 0 Å². The van der Waals surface area contributed by atoms with Gasteiger partial charge in [-0.3, -0.25) is 4.79 Å². The van der Waals surface area contributed by atoms with E-state index in [4.69, 9.17) is 0 Å². The van der Waals surface area contributed by atoms with E-state index in [0.717, 1.165) is 12.8 Å². The highest BCUT2D eigenvalue weighted by atomic mass is 16.2. The van der Waals surface area contributed by atoms with Crippen molar-refractivity contribution < 1.29 is 4.79 Å². The van der Waals surface area contributed by atoms with Gasteiger partial charge in [0, 0.05) is 20.1 Å². The molecule has 0 fully saturated rings. The number of carbonyl (C=O) groups excluding carboxylic acids is 1. The molecule has 0 saturated heterocycles. The number of amides is 1. The third-order valence-corrected chi connectivity index (χ3v) is 2.81. The Morgan fingerprint density at radius 1 is 1.00 bits per heavy atom. The molecule has 0 aliphatic rings.